The molecule has 3 aromatic carbocycles. The molecule has 0 aliphatic heterocycles. The van der Waals surface area contributed by atoms with Gasteiger partial charge in [-0.2, -0.15) is 0 Å². The third kappa shape index (κ3) is 4.59. The van der Waals surface area contributed by atoms with E-state index in [0.29, 0.717) is 22.8 Å². The van der Waals surface area contributed by atoms with E-state index in [9.17, 15) is 14.0 Å². The van der Waals surface area contributed by atoms with Crippen LogP contribution in [0, 0.1) is 11.6 Å². The third-order valence-corrected chi connectivity index (χ3v) is 4.40. The maximum absolute atomic E-state index is 13.3. The number of ether oxygens (including phenoxy) is 1. The average molecular weight is 405 g/mol. The Labute approximate surface area is 171 Å². The van der Waals surface area contributed by atoms with Gasteiger partial charge in [0, 0.05) is 23.9 Å². The maximum atomic E-state index is 13.3. The zero-order chi connectivity index (χ0) is 20.9. The topological polar surface area (TPSA) is 66.7 Å². The van der Waals surface area contributed by atoms with E-state index >= 15 is 0 Å². The molecule has 0 spiro atoms. The lowest BCUT2D eigenvalue weighted by Crippen LogP contribution is -2.20. The number of aromatic nitrogens is 1. The number of hydrogen-bond acceptors (Lipinski definition) is 4. The van der Waals surface area contributed by atoms with E-state index in [4.69, 9.17) is 4.74 Å². The van der Waals surface area contributed by atoms with Gasteiger partial charge in [0.2, 0.25) is 5.88 Å². The molecule has 2 N–H and O–H groups in total. The minimum atomic E-state index is -0.685. The molecule has 0 bridgehead atoms. The fraction of sp³-hybridized carbons (Fsp3) is 0.0435. The number of nitrogens with one attached hydrogen (secondary N) is 1. The summed E-state index contributed by atoms with van der Waals surface area (Å²) in [5, 5.41) is 11.6. The molecule has 0 atom stereocenters. The Bertz CT molecular complexity index is 1190. The molecule has 150 valence electrons. The highest BCUT2D eigenvalue weighted by atomic mass is 19.1. The minimum absolute atomic E-state index is 0.0209. The van der Waals surface area contributed by atoms with E-state index in [2.05, 4.69) is 9.98 Å². The molecular formula is C23H17F2N3O2. The fourth-order valence-electron chi connectivity index (χ4n) is 3.00. The first kappa shape index (κ1) is 19.5. The Balaban J connectivity index is 1.49. The highest BCUT2D eigenvalue weighted by Crippen LogP contribution is 2.24. The van der Waals surface area contributed by atoms with Crippen molar-refractivity contribution < 1.29 is 18.7 Å². The van der Waals surface area contributed by atoms with Gasteiger partial charge in [0.15, 0.2) is 5.84 Å². The highest BCUT2D eigenvalue weighted by molar-refractivity contribution is 5.97. The van der Waals surface area contributed by atoms with Crippen molar-refractivity contribution in [1.82, 2.24) is 10.5 Å². The van der Waals surface area contributed by atoms with Gasteiger partial charge in [-0.1, -0.05) is 30.3 Å². The van der Waals surface area contributed by atoms with E-state index in [1.165, 1.54) is 18.3 Å². The smallest absolute Gasteiger partial charge is 0.219 e. The van der Waals surface area contributed by atoms with E-state index in [1.807, 2.05) is 47.9 Å². The summed E-state index contributed by atoms with van der Waals surface area (Å²) in [5.41, 5.74) is 2.81. The first-order valence-corrected chi connectivity index (χ1v) is 9.13. The minimum Gasteiger partial charge on any atom is -0.439 e. The summed E-state index contributed by atoms with van der Waals surface area (Å²) in [7, 11) is 0. The summed E-state index contributed by atoms with van der Waals surface area (Å²) in [5.74, 6) is -0.231. The molecule has 5 nitrogen and oxygen atoms in total. The Morgan fingerprint density at radius 3 is 2.40 bits per heavy atom. The predicted molar refractivity (Wildman–Crippen MR) is 110 cm³/mol. The molecule has 0 saturated carbocycles. The number of hydroxylamine groups is 1. The number of benzene rings is 3. The van der Waals surface area contributed by atoms with Crippen molar-refractivity contribution in [1.29, 1.82) is 0 Å². The SMILES string of the molecule is ONC(=NCc1cc(F)cc(F)c1)c1ccc(Oc2ccc3ccccc3c2)nc1. The van der Waals surface area contributed by atoms with Crippen LogP contribution in [0.25, 0.3) is 10.8 Å². The number of rotatable bonds is 5. The number of nitrogens with zero attached hydrogens (tertiary/aromatic N) is 2. The number of amidine groups is 1. The first-order chi connectivity index (χ1) is 14.6. The zero-order valence-corrected chi connectivity index (χ0v) is 15.7. The Kier molecular flexibility index (Phi) is 5.63. The summed E-state index contributed by atoms with van der Waals surface area (Å²) in [6, 6.07) is 20.2. The lowest BCUT2D eigenvalue weighted by atomic mass is 10.1. The predicted octanol–water partition coefficient (Wildman–Crippen LogP) is 5.23. The van der Waals surface area contributed by atoms with Crippen LogP contribution in [0.15, 0.2) is 84.0 Å². The first-order valence-electron chi connectivity index (χ1n) is 9.13. The third-order valence-electron chi connectivity index (χ3n) is 4.40. The molecule has 0 radical (unpaired) electrons. The second-order valence-corrected chi connectivity index (χ2v) is 6.55. The summed E-state index contributed by atoms with van der Waals surface area (Å²) < 4.78 is 32.4. The molecule has 1 aromatic heterocycles. The lowest BCUT2D eigenvalue weighted by molar-refractivity contribution is 0.234. The molecule has 0 aliphatic carbocycles. The lowest BCUT2D eigenvalue weighted by Gasteiger charge is -2.08. The van der Waals surface area contributed by atoms with E-state index in [0.717, 1.165) is 16.8 Å². The molecule has 0 unspecified atom stereocenters. The second kappa shape index (κ2) is 8.67. The van der Waals surface area contributed by atoms with Crippen LogP contribution in [0.2, 0.25) is 0 Å². The van der Waals surface area contributed by atoms with E-state index in [1.54, 1.807) is 12.1 Å². The molecule has 0 aliphatic rings. The molecule has 4 rings (SSSR count). The Morgan fingerprint density at radius 1 is 0.933 bits per heavy atom. The number of hydrogen-bond donors (Lipinski definition) is 2. The molecule has 1 heterocycles. The summed E-state index contributed by atoms with van der Waals surface area (Å²) >= 11 is 0. The van der Waals surface area contributed by atoms with Crippen molar-refractivity contribution >= 4 is 16.6 Å². The summed E-state index contributed by atoms with van der Waals surface area (Å²) in [6.07, 6.45) is 1.48. The van der Waals surface area contributed by atoms with Gasteiger partial charge >= 0.3 is 0 Å². The molecule has 30 heavy (non-hydrogen) atoms. The van der Waals surface area contributed by atoms with Gasteiger partial charge in [-0.05, 0) is 46.7 Å². The van der Waals surface area contributed by atoms with E-state index < -0.39 is 11.6 Å². The van der Waals surface area contributed by atoms with Crippen LogP contribution in [0.4, 0.5) is 8.78 Å². The van der Waals surface area contributed by atoms with Crippen molar-refractivity contribution in [2.75, 3.05) is 0 Å². The van der Waals surface area contributed by atoms with Gasteiger partial charge in [-0.3, -0.25) is 15.7 Å². The Hall–Kier alpha value is -3.84. The molecule has 0 saturated heterocycles. The second-order valence-electron chi connectivity index (χ2n) is 6.55. The van der Waals surface area contributed by atoms with E-state index in [-0.39, 0.29) is 12.4 Å². The van der Waals surface area contributed by atoms with Gasteiger partial charge in [0.05, 0.1) is 6.54 Å². The fourth-order valence-corrected chi connectivity index (χ4v) is 3.00. The Morgan fingerprint density at radius 2 is 1.70 bits per heavy atom. The molecule has 7 heteroatoms. The molecular weight excluding hydrogens is 388 g/mol. The van der Waals surface area contributed by atoms with Crippen LogP contribution in [0.3, 0.4) is 0 Å². The van der Waals surface area contributed by atoms with Crippen LogP contribution < -0.4 is 10.2 Å². The molecule has 4 aromatic rings. The van der Waals surface area contributed by atoms with Gasteiger partial charge in [0.25, 0.3) is 0 Å². The normalized spacial score (nSPS) is 11.5. The standard InChI is InChI=1S/C23H17F2N3O2/c24-19-9-15(10-20(25)12-19)13-27-23(28-29)18-6-8-22(26-14-18)30-21-7-5-16-3-1-2-4-17(16)11-21/h1-12,14,29H,13H2,(H,27,28). The molecule has 0 fully saturated rings. The average Bonchev–Trinajstić information content (AvgIpc) is 2.74. The highest BCUT2D eigenvalue weighted by Gasteiger charge is 2.07. The largest absolute Gasteiger partial charge is 0.439 e. The van der Waals surface area contributed by atoms with Crippen molar-refractivity contribution in [2.24, 2.45) is 4.99 Å². The number of aliphatic imine (C=N–C) groups is 1. The van der Waals surface area contributed by atoms with Crippen molar-refractivity contribution in [3.8, 4) is 11.6 Å². The van der Waals surface area contributed by atoms with Gasteiger partial charge in [-0.15, -0.1) is 0 Å². The van der Waals surface area contributed by atoms with Crippen LogP contribution in [-0.4, -0.2) is 16.0 Å². The van der Waals surface area contributed by atoms with Gasteiger partial charge in [0.1, 0.15) is 17.4 Å². The van der Waals surface area contributed by atoms with Crippen LogP contribution >= 0.6 is 0 Å². The quantitative estimate of drug-likeness (QED) is 0.271. The summed E-state index contributed by atoms with van der Waals surface area (Å²) in [4.78, 5) is 8.39. The van der Waals surface area contributed by atoms with Gasteiger partial charge < -0.3 is 4.74 Å². The van der Waals surface area contributed by atoms with Crippen LogP contribution in [-0.2, 0) is 6.54 Å². The van der Waals surface area contributed by atoms with Gasteiger partial charge in [-0.25, -0.2) is 13.8 Å². The van der Waals surface area contributed by atoms with Crippen LogP contribution in [0.1, 0.15) is 11.1 Å². The molecule has 0 amide bonds. The monoisotopic (exact) mass is 405 g/mol. The van der Waals surface area contributed by atoms with Crippen molar-refractivity contribution in [3.63, 3.8) is 0 Å². The number of pyridine rings is 1. The number of halogens is 2. The van der Waals surface area contributed by atoms with Crippen LogP contribution in [0.5, 0.6) is 11.6 Å². The van der Waals surface area contributed by atoms with Crippen molar-refractivity contribution in [3.05, 3.63) is 102 Å². The summed E-state index contributed by atoms with van der Waals surface area (Å²) in [6.45, 7) is -0.0209. The zero-order valence-electron chi connectivity index (χ0n) is 15.7. The number of fused-ring (bicyclic) bond motifs is 1. The maximum Gasteiger partial charge on any atom is 0.219 e. The van der Waals surface area contributed by atoms with Crippen molar-refractivity contribution in [2.45, 2.75) is 6.54 Å².